The van der Waals surface area contributed by atoms with E-state index in [2.05, 4.69) is 16.7 Å². The van der Waals surface area contributed by atoms with Gasteiger partial charge in [0.25, 0.3) is 0 Å². The van der Waals surface area contributed by atoms with Crippen LogP contribution >= 0.6 is 0 Å². The molecular weight excluding hydrogens is 264 g/mol. The van der Waals surface area contributed by atoms with E-state index in [0.717, 1.165) is 30.8 Å². The van der Waals surface area contributed by atoms with Crippen LogP contribution in [0.5, 0.6) is 0 Å². The van der Waals surface area contributed by atoms with Gasteiger partial charge in [0.1, 0.15) is 11.3 Å². The number of fused-ring (bicyclic) bond motifs is 2. The van der Waals surface area contributed by atoms with Crippen LogP contribution in [0.1, 0.15) is 30.3 Å². The van der Waals surface area contributed by atoms with Crippen molar-refractivity contribution < 1.29 is 4.79 Å². The molecule has 5 heteroatoms. The highest BCUT2D eigenvalue weighted by molar-refractivity contribution is 5.83. The molecule has 4 heterocycles. The summed E-state index contributed by atoms with van der Waals surface area (Å²) in [6.07, 6.45) is 5.39. The molecule has 0 aromatic carbocycles. The van der Waals surface area contributed by atoms with E-state index < -0.39 is 0 Å². The minimum atomic E-state index is 0.392. The third-order valence-corrected chi connectivity index (χ3v) is 4.87. The first kappa shape index (κ1) is 12.8. The Bertz CT molecular complexity index is 680. The molecule has 0 N–H and O–H groups in total. The Morgan fingerprint density at radius 2 is 2.24 bits per heavy atom. The van der Waals surface area contributed by atoms with Gasteiger partial charge in [-0.25, -0.2) is 4.98 Å². The lowest BCUT2D eigenvalue weighted by Crippen LogP contribution is -2.55. The second-order valence-corrected chi connectivity index (χ2v) is 6.16. The third-order valence-electron chi connectivity index (χ3n) is 4.87. The molecule has 110 valence electrons. The Kier molecular flexibility index (Phi) is 2.96. The number of hydrogen-bond acceptors (Lipinski definition) is 4. The van der Waals surface area contributed by atoms with Crippen molar-refractivity contribution in [1.82, 2.24) is 14.3 Å². The maximum absolute atomic E-state index is 11.6. The van der Waals surface area contributed by atoms with Crippen molar-refractivity contribution in [3.8, 4) is 0 Å². The van der Waals surface area contributed by atoms with E-state index in [1.165, 1.54) is 19.4 Å². The summed E-state index contributed by atoms with van der Waals surface area (Å²) in [7, 11) is 0. The number of imidazole rings is 1. The average Bonchev–Trinajstić information content (AvgIpc) is 3.08. The lowest BCUT2D eigenvalue weighted by atomic mass is 10.1. The van der Waals surface area contributed by atoms with Crippen LogP contribution in [-0.4, -0.2) is 52.3 Å². The highest BCUT2D eigenvalue weighted by atomic mass is 16.1. The number of aldehydes is 1. The molecule has 2 atom stereocenters. The summed E-state index contributed by atoms with van der Waals surface area (Å²) in [6.45, 7) is 5.49. The van der Waals surface area contributed by atoms with E-state index >= 15 is 0 Å². The zero-order valence-corrected chi connectivity index (χ0v) is 12.3. The van der Waals surface area contributed by atoms with Crippen molar-refractivity contribution in [3.63, 3.8) is 0 Å². The van der Waals surface area contributed by atoms with Crippen LogP contribution in [0.15, 0.2) is 24.4 Å². The number of anilines is 1. The van der Waals surface area contributed by atoms with E-state index in [9.17, 15) is 4.79 Å². The number of piperazine rings is 1. The molecule has 0 aliphatic carbocycles. The number of aromatic nitrogens is 2. The molecule has 4 rings (SSSR count). The Morgan fingerprint density at radius 1 is 1.33 bits per heavy atom. The predicted octanol–water partition coefficient (Wildman–Crippen LogP) is 1.82. The summed E-state index contributed by atoms with van der Waals surface area (Å²) in [4.78, 5) is 21.2. The minimum Gasteiger partial charge on any atom is -0.349 e. The zero-order valence-electron chi connectivity index (χ0n) is 12.3. The van der Waals surface area contributed by atoms with E-state index in [0.29, 0.717) is 17.8 Å². The van der Waals surface area contributed by atoms with Crippen LogP contribution < -0.4 is 4.90 Å². The van der Waals surface area contributed by atoms with Crippen molar-refractivity contribution >= 4 is 17.8 Å². The molecule has 2 unspecified atom stereocenters. The largest absolute Gasteiger partial charge is 0.349 e. The van der Waals surface area contributed by atoms with Gasteiger partial charge in [-0.2, -0.15) is 0 Å². The quantitative estimate of drug-likeness (QED) is 0.789. The van der Waals surface area contributed by atoms with Crippen molar-refractivity contribution in [2.75, 3.05) is 24.5 Å². The highest BCUT2D eigenvalue weighted by Crippen LogP contribution is 2.30. The lowest BCUT2D eigenvalue weighted by molar-refractivity contribution is 0.111. The molecule has 0 bridgehead atoms. The maximum atomic E-state index is 11.6. The fourth-order valence-corrected chi connectivity index (χ4v) is 3.81. The molecule has 0 radical (unpaired) electrons. The fourth-order valence-electron chi connectivity index (χ4n) is 3.81. The molecule has 21 heavy (non-hydrogen) atoms. The molecule has 5 nitrogen and oxygen atoms in total. The normalized spacial score (nSPS) is 26.2. The van der Waals surface area contributed by atoms with Crippen LogP contribution in [0.3, 0.4) is 0 Å². The van der Waals surface area contributed by atoms with Crippen LogP contribution in [0, 0.1) is 0 Å². The minimum absolute atomic E-state index is 0.392. The van der Waals surface area contributed by atoms with Crippen LogP contribution in [0.2, 0.25) is 0 Å². The summed E-state index contributed by atoms with van der Waals surface area (Å²) in [5.41, 5.74) is 1.51. The molecule has 2 aliphatic heterocycles. The standard InChI is InChI=1S/C16H20N4O/c1-12-9-18-7-4-5-13(18)10-20(12)16-14(11-21)19-8-3-2-6-15(19)17-16/h2-3,6,8,11-13H,4-5,7,9-10H2,1H3. The van der Waals surface area contributed by atoms with E-state index in [4.69, 9.17) is 4.98 Å². The summed E-state index contributed by atoms with van der Waals surface area (Å²) >= 11 is 0. The number of hydrogen-bond donors (Lipinski definition) is 0. The molecule has 2 aromatic heterocycles. The Labute approximate surface area is 124 Å². The molecule has 0 amide bonds. The Morgan fingerprint density at radius 3 is 3.10 bits per heavy atom. The van der Waals surface area contributed by atoms with Gasteiger partial charge in [0.2, 0.25) is 0 Å². The van der Waals surface area contributed by atoms with Crippen molar-refractivity contribution in [2.24, 2.45) is 0 Å². The average molecular weight is 284 g/mol. The second-order valence-electron chi connectivity index (χ2n) is 6.16. The summed E-state index contributed by atoms with van der Waals surface area (Å²) in [5.74, 6) is 0.843. The van der Waals surface area contributed by atoms with E-state index in [-0.39, 0.29) is 0 Å². The van der Waals surface area contributed by atoms with Crippen LogP contribution in [0.25, 0.3) is 5.65 Å². The molecule has 2 aliphatic rings. The van der Waals surface area contributed by atoms with Gasteiger partial charge in [0.15, 0.2) is 12.1 Å². The van der Waals surface area contributed by atoms with Crippen molar-refractivity contribution in [3.05, 3.63) is 30.1 Å². The maximum Gasteiger partial charge on any atom is 0.170 e. The highest BCUT2D eigenvalue weighted by Gasteiger charge is 2.36. The van der Waals surface area contributed by atoms with Gasteiger partial charge in [-0.05, 0) is 38.4 Å². The van der Waals surface area contributed by atoms with E-state index in [1.807, 2.05) is 28.8 Å². The molecule has 2 aromatic rings. The van der Waals surface area contributed by atoms with Gasteiger partial charge in [-0.3, -0.25) is 14.1 Å². The van der Waals surface area contributed by atoms with Gasteiger partial charge in [0.05, 0.1) is 0 Å². The number of rotatable bonds is 2. The first-order valence-electron chi connectivity index (χ1n) is 7.71. The SMILES string of the molecule is CC1CN2CCCC2CN1c1nc2ccccn2c1C=O. The second kappa shape index (κ2) is 4.84. The summed E-state index contributed by atoms with van der Waals surface area (Å²) in [5, 5.41) is 0. The molecule has 2 saturated heterocycles. The zero-order chi connectivity index (χ0) is 14.4. The Hall–Kier alpha value is -1.88. The van der Waals surface area contributed by atoms with Crippen molar-refractivity contribution in [2.45, 2.75) is 31.8 Å². The van der Waals surface area contributed by atoms with Crippen LogP contribution in [-0.2, 0) is 0 Å². The van der Waals surface area contributed by atoms with Gasteiger partial charge < -0.3 is 4.90 Å². The van der Waals surface area contributed by atoms with Crippen LogP contribution in [0.4, 0.5) is 5.82 Å². The first-order chi connectivity index (χ1) is 10.3. The topological polar surface area (TPSA) is 40.9 Å². The number of nitrogens with zero attached hydrogens (tertiary/aromatic N) is 4. The third kappa shape index (κ3) is 1.95. The smallest absolute Gasteiger partial charge is 0.170 e. The molecule has 0 saturated carbocycles. The number of carbonyl (C=O) groups is 1. The summed E-state index contributed by atoms with van der Waals surface area (Å²) in [6, 6.07) is 6.85. The lowest BCUT2D eigenvalue weighted by Gasteiger charge is -2.42. The predicted molar refractivity (Wildman–Crippen MR) is 82.0 cm³/mol. The van der Waals surface area contributed by atoms with Crippen molar-refractivity contribution in [1.29, 1.82) is 0 Å². The van der Waals surface area contributed by atoms with Gasteiger partial charge in [0, 0.05) is 31.4 Å². The van der Waals surface area contributed by atoms with Gasteiger partial charge in [-0.15, -0.1) is 0 Å². The van der Waals surface area contributed by atoms with Gasteiger partial charge in [-0.1, -0.05) is 6.07 Å². The van der Waals surface area contributed by atoms with Gasteiger partial charge >= 0.3 is 0 Å². The monoisotopic (exact) mass is 284 g/mol. The molecular formula is C16H20N4O. The van der Waals surface area contributed by atoms with E-state index in [1.54, 1.807) is 0 Å². The number of carbonyl (C=O) groups excluding carboxylic acids is 1. The summed E-state index contributed by atoms with van der Waals surface area (Å²) < 4.78 is 1.88. The Balaban J connectivity index is 1.76. The molecule has 0 spiro atoms. The fraction of sp³-hybridized carbons (Fsp3) is 0.500. The first-order valence-corrected chi connectivity index (χ1v) is 7.71. The molecule has 2 fully saturated rings. The number of pyridine rings is 1.